The highest BCUT2D eigenvalue weighted by atomic mass is 16.5. The van der Waals surface area contributed by atoms with Crippen LogP contribution in [0.2, 0.25) is 0 Å². The Morgan fingerprint density at radius 3 is 2.77 bits per heavy atom. The first-order valence-electron chi connectivity index (χ1n) is 9.46. The summed E-state index contributed by atoms with van der Waals surface area (Å²) in [6.45, 7) is -0.284. The van der Waals surface area contributed by atoms with E-state index >= 15 is 0 Å². The third-order valence-electron chi connectivity index (χ3n) is 5.40. The van der Waals surface area contributed by atoms with Crippen LogP contribution in [-0.2, 0) is 4.74 Å². The maximum atomic E-state index is 10.2. The Kier molecular flexibility index (Phi) is 4.33. The molecule has 4 aromatic rings. The average molecular weight is 402 g/mol. The van der Waals surface area contributed by atoms with Crippen LogP contribution >= 0.6 is 0 Å². The fourth-order valence-electron chi connectivity index (χ4n) is 3.89. The predicted octanol–water partition coefficient (Wildman–Crippen LogP) is 1.74. The van der Waals surface area contributed by atoms with Crippen LogP contribution in [0, 0.1) is 11.3 Å². The van der Waals surface area contributed by atoms with Crippen LogP contribution in [0.4, 0.5) is 5.82 Å². The molecule has 0 saturated carbocycles. The van der Waals surface area contributed by atoms with E-state index in [9.17, 15) is 10.2 Å². The number of fused-ring (bicyclic) bond motifs is 2. The molecule has 0 amide bonds. The summed E-state index contributed by atoms with van der Waals surface area (Å²) in [5.74, 6) is 0.816. The highest BCUT2D eigenvalue weighted by Gasteiger charge is 2.37. The minimum Gasteiger partial charge on any atom is -0.394 e. The Morgan fingerprint density at radius 1 is 1.20 bits per heavy atom. The van der Waals surface area contributed by atoms with Crippen molar-refractivity contribution in [1.29, 1.82) is 5.26 Å². The molecule has 3 heterocycles. The summed E-state index contributed by atoms with van der Waals surface area (Å²) >= 11 is 0. The van der Waals surface area contributed by atoms with Gasteiger partial charge in [-0.1, -0.05) is 18.2 Å². The van der Waals surface area contributed by atoms with Gasteiger partial charge in [-0.15, -0.1) is 0 Å². The molecule has 2 aromatic carbocycles. The van der Waals surface area contributed by atoms with Gasteiger partial charge in [-0.05, 0) is 29.0 Å². The number of nitrogens with two attached hydrogens (primary N) is 1. The molecule has 5 rings (SSSR count). The minimum absolute atomic E-state index is 0.247. The Labute approximate surface area is 171 Å². The number of imidazole rings is 1. The number of nitrogen functional groups attached to an aromatic ring is 1. The average Bonchev–Trinajstić information content (AvgIpc) is 3.33. The molecule has 9 nitrogen and oxygen atoms in total. The lowest BCUT2D eigenvalue weighted by Crippen LogP contribution is -2.24. The number of nitrogens with zero attached hydrogens (tertiary/aromatic N) is 5. The van der Waals surface area contributed by atoms with Crippen molar-refractivity contribution in [3.05, 3.63) is 48.3 Å². The number of nitriles is 1. The Hall–Kier alpha value is -3.58. The first kappa shape index (κ1) is 18.4. The zero-order valence-corrected chi connectivity index (χ0v) is 15.8. The molecule has 0 aliphatic carbocycles. The first-order chi connectivity index (χ1) is 14.6. The van der Waals surface area contributed by atoms with Crippen molar-refractivity contribution in [1.82, 2.24) is 19.5 Å². The second kappa shape index (κ2) is 7.03. The largest absolute Gasteiger partial charge is 0.394 e. The molecule has 3 atom stereocenters. The maximum absolute atomic E-state index is 10.2. The van der Waals surface area contributed by atoms with Crippen molar-refractivity contribution in [2.24, 2.45) is 0 Å². The lowest BCUT2D eigenvalue weighted by Gasteiger charge is -2.17. The number of hydrogen-bond acceptors (Lipinski definition) is 8. The topological polar surface area (TPSA) is 143 Å². The number of aliphatic hydroxyl groups excluding tert-OH is 2. The standard InChI is InChI=1S/C21H18N6O3/c22-8-11-1-2-13-6-14(4-3-12(13)5-11)20-26-18-19(23)24-10-25-21(18)27(20)17-7-15(29)16(9-28)30-17/h1-6,10,15-17,28-29H,7,9H2,(H2,23,24,25)/t15-,16+,17+/m0/s1. The van der Waals surface area contributed by atoms with Crippen LogP contribution in [0.1, 0.15) is 18.2 Å². The molecule has 0 bridgehead atoms. The lowest BCUT2D eigenvalue weighted by atomic mass is 10.0. The van der Waals surface area contributed by atoms with Crippen molar-refractivity contribution in [2.75, 3.05) is 12.3 Å². The van der Waals surface area contributed by atoms with Crippen LogP contribution in [0.5, 0.6) is 0 Å². The third-order valence-corrected chi connectivity index (χ3v) is 5.40. The normalized spacial score (nSPS) is 21.3. The van der Waals surface area contributed by atoms with Crippen LogP contribution in [0.25, 0.3) is 33.3 Å². The molecule has 1 aliphatic heterocycles. The number of ether oxygens (including phenoxy) is 1. The summed E-state index contributed by atoms with van der Waals surface area (Å²) in [6.07, 6.45) is -0.403. The number of benzene rings is 2. The zero-order valence-electron chi connectivity index (χ0n) is 15.8. The molecule has 2 aromatic heterocycles. The van der Waals surface area contributed by atoms with Gasteiger partial charge in [0.2, 0.25) is 0 Å². The highest BCUT2D eigenvalue weighted by molar-refractivity contribution is 5.90. The Bertz CT molecular complexity index is 1310. The maximum Gasteiger partial charge on any atom is 0.168 e. The van der Waals surface area contributed by atoms with Gasteiger partial charge in [0, 0.05) is 12.0 Å². The molecule has 150 valence electrons. The smallest absolute Gasteiger partial charge is 0.168 e. The van der Waals surface area contributed by atoms with Crippen molar-refractivity contribution in [3.63, 3.8) is 0 Å². The first-order valence-corrected chi connectivity index (χ1v) is 9.46. The van der Waals surface area contributed by atoms with Crippen LogP contribution in [-0.4, -0.2) is 48.5 Å². The van der Waals surface area contributed by atoms with Gasteiger partial charge in [0.05, 0.1) is 24.3 Å². The minimum atomic E-state index is -0.800. The predicted molar refractivity (Wildman–Crippen MR) is 109 cm³/mol. The summed E-state index contributed by atoms with van der Waals surface area (Å²) in [5, 5.41) is 30.7. The molecule has 0 unspecified atom stereocenters. The quantitative estimate of drug-likeness (QED) is 0.470. The SMILES string of the molecule is N#Cc1ccc2cc(-c3nc4c(N)ncnc4n3[C@H]3C[C@H](O)[C@@H](CO)O3)ccc2c1. The Morgan fingerprint density at radius 2 is 2.00 bits per heavy atom. The molecule has 9 heteroatoms. The Balaban J connectivity index is 1.70. The lowest BCUT2D eigenvalue weighted by molar-refractivity contribution is -0.0426. The summed E-state index contributed by atoms with van der Waals surface area (Å²) < 4.78 is 7.67. The molecule has 1 saturated heterocycles. The van der Waals surface area contributed by atoms with Crippen molar-refractivity contribution < 1.29 is 14.9 Å². The zero-order chi connectivity index (χ0) is 20.8. The highest BCUT2D eigenvalue weighted by Crippen LogP contribution is 2.37. The van der Waals surface area contributed by atoms with Gasteiger partial charge in [0.1, 0.15) is 24.5 Å². The van der Waals surface area contributed by atoms with E-state index in [1.54, 1.807) is 10.6 Å². The van der Waals surface area contributed by atoms with E-state index in [1.165, 1.54) is 6.33 Å². The number of aliphatic hydroxyl groups is 2. The molecule has 0 spiro atoms. The molecule has 1 fully saturated rings. The van der Waals surface area contributed by atoms with E-state index < -0.39 is 18.4 Å². The fraction of sp³-hybridized carbons (Fsp3) is 0.238. The number of anilines is 1. The van der Waals surface area contributed by atoms with E-state index in [0.717, 1.165) is 16.3 Å². The summed E-state index contributed by atoms with van der Waals surface area (Å²) in [6, 6.07) is 13.4. The van der Waals surface area contributed by atoms with E-state index in [2.05, 4.69) is 21.0 Å². The molecular formula is C21H18N6O3. The molecule has 1 aliphatic rings. The van der Waals surface area contributed by atoms with Gasteiger partial charge < -0.3 is 20.7 Å². The van der Waals surface area contributed by atoms with E-state index in [0.29, 0.717) is 22.6 Å². The van der Waals surface area contributed by atoms with Crippen LogP contribution in [0.3, 0.4) is 0 Å². The molecule has 30 heavy (non-hydrogen) atoms. The monoisotopic (exact) mass is 402 g/mol. The molecule has 0 radical (unpaired) electrons. The van der Waals surface area contributed by atoms with Crippen LogP contribution < -0.4 is 5.73 Å². The summed E-state index contributed by atoms with van der Waals surface area (Å²) in [7, 11) is 0. The van der Waals surface area contributed by atoms with Crippen molar-refractivity contribution in [2.45, 2.75) is 24.9 Å². The van der Waals surface area contributed by atoms with Crippen LogP contribution in [0.15, 0.2) is 42.7 Å². The second-order valence-corrected chi connectivity index (χ2v) is 7.24. The summed E-state index contributed by atoms with van der Waals surface area (Å²) in [4.78, 5) is 13.0. The van der Waals surface area contributed by atoms with Gasteiger partial charge in [-0.3, -0.25) is 4.57 Å². The number of hydrogen-bond donors (Lipinski definition) is 3. The number of rotatable bonds is 3. The van der Waals surface area contributed by atoms with Gasteiger partial charge in [-0.2, -0.15) is 5.26 Å². The third kappa shape index (κ3) is 2.86. The van der Waals surface area contributed by atoms with E-state index in [4.69, 9.17) is 15.7 Å². The van der Waals surface area contributed by atoms with Gasteiger partial charge in [-0.25, -0.2) is 15.0 Å². The molecule has 4 N–H and O–H groups in total. The van der Waals surface area contributed by atoms with E-state index in [1.807, 2.05) is 30.3 Å². The fourth-order valence-corrected chi connectivity index (χ4v) is 3.89. The van der Waals surface area contributed by atoms with Crippen molar-refractivity contribution in [3.8, 4) is 17.5 Å². The van der Waals surface area contributed by atoms with Gasteiger partial charge >= 0.3 is 0 Å². The van der Waals surface area contributed by atoms with Gasteiger partial charge in [0.25, 0.3) is 0 Å². The van der Waals surface area contributed by atoms with Crippen molar-refractivity contribution >= 4 is 27.8 Å². The molecular weight excluding hydrogens is 384 g/mol. The second-order valence-electron chi connectivity index (χ2n) is 7.24. The summed E-state index contributed by atoms with van der Waals surface area (Å²) in [5.41, 5.74) is 8.36. The number of aromatic nitrogens is 4. The van der Waals surface area contributed by atoms with E-state index in [-0.39, 0.29) is 18.8 Å². The van der Waals surface area contributed by atoms with Gasteiger partial charge in [0.15, 0.2) is 17.0 Å².